The van der Waals surface area contributed by atoms with Crippen LogP contribution in [0.3, 0.4) is 0 Å². The zero-order valence-corrected chi connectivity index (χ0v) is 26.4. The Labute approximate surface area is 243 Å². The van der Waals surface area contributed by atoms with Crippen LogP contribution in [0, 0.1) is 0 Å². The number of fused-ring (bicyclic) bond motifs is 2. The monoisotopic (exact) mass is 582 g/mol. The van der Waals surface area contributed by atoms with E-state index < -0.39 is 24.3 Å². The highest BCUT2D eigenvalue weighted by Crippen LogP contribution is 2.66. The molecule has 5 rings (SSSR count). The molecule has 0 aliphatic carbocycles. The van der Waals surface area contributed by atoms with Crippen LogP contribution in [0.5, 0.6) is 11.5 Å². The second kappa shape index (κ2) is 10.6. The van der Waals surface area contributed by atoms with Crippen LogP contribution in [0.2, 0.25) is 18.1 Å². The molecule has 1 N–H and O–H groups in total. The topological polar surface area (TPSA) is 66.4 Å². The third-order valence-corrected chi connectivity index (χ3v) is 15.1. The fourth-order valence-electron chi connectivity index (χ4n) is 5.79. The summed E-state index contributed by atoms with van der Waals surface area (Å²) >= 11 is 1.64. The molecule has 5 atom stereocenters. The zero-order chi connectivity index (χ0) is 28.8. The predicted molar refractivity (Wildman–Crippen MR) is 161 cm³/mol. The molecule has 2 fully saturated rings. The number of benzene rings is 2. The molecule has 2 saturated heterocycles. The molecule has 2 bridgehead atoms. The van der Waals surface area contributed by atoms with Crippen molar-refractivity contribution in [2.24, 2.45) is 0 Å². The summed E-state index contributed by atoms with van der Waals surface area (Å²) in [5, 5.41) is 13.1. The van der Waals surface area contributed by atoms with E-state index in [1.54, 1.807) is 25.1 Å². The molecule has 216 valence electrons. The summed E-state index contributed by atoms with van der Waals surface area (Å²) < 4.78 is 30.8. The highest BCUT2D eigenvalue weighted by molar-refractivity contribution is 8.00. The van der Waals surface area contributed by atoms with Gasteiger partial charge in [-0.2, -0.15) is 0 Å². The Balaban J connectivity index is 1.59. The average Bonchev–Trinajstić information content (AvgIpc) is 3.61. The van der Waals surface area contributed by atoms with Gasteiger partial charge in [-0.15, -0.1) is 11.8 Å². The molecule has 0 unspecified atom stereocenters. The quantitative estimate of drug-likeness (QED) is 0.250. The maximum Gasteiger partial charge on any atom is 0.192 e. The van der Waals surface area contributed by atoms with Gasteiger partial charge in [-0.05, 0) is 73.6 Å². The van der Waals surface area contributed by atoms with Crippen LogP contribution in [0.15, 0.2) is 83.7 Å². The molecule has 2 aromatic carbocycles. The fourth-order valence-corrected chi connectivity index (χ4v) is 8.59. The molecule has 6 nitrogen and oxygen atoms in total. The largest absolute Gasteiger partial charge is 0.497 e. The van der Waals surface area contributed by atoms with E-state index >= 15 is 0 Å². The van der Waals surface area contributed by atoms with Crippen molar-refractivity contribution in [1.82, 2.24) is 0 Å². The molecule has 0 aromatic heterocycles. The van der Waals surface area contributed by atoms with Gasteiger partial charge in [0.05, 0.1) is 36.9 Å². The van der Waals surface area contributed by atoms with E-state index in [9.17, 15) is 5.11 Å². The van der Waals surface area contributed by atoms with Crippen molar-refractivity contribution in [2.45, 2.75) is 91.7 Å². The number of hydrogen-bond donors (Lipinski definition) is 1. The lowest BCUT2D eigenvalue weighted by Gasteiger charge is -2.53. The molecular weight excluding hydrogens is 540 g/mol. The van der Waals surface area contributed by atoms with Gasteiger partial charge in [0, 0.05) is 17.7 Å². The van der Waals surface area contributed by atoms with Gasteiger partial charge in [0.1, 0.15) is 17.3 Å². The van der Waals surface area contributed by atoms with Crippen LogP contribution in [0.1, 0.15) is 40.5 Å². The van der Waals surface area contributed by atoms with Crippen LogP contribution in [0.25, 0.3) is 0 Å². The molecule has 0 amide bonds. The maximum atomic E-state index is 13.1. The van der Waals surface area contributed by atoms with Crippen molar-refractivity contribution in [3.8, 4) is 11.5 Å². The molecular formula is C32H42O6SSi. The third-order valence-electron chi connectivity index (χ3n) is 9.10. The first-order valence-electron chi connectivity index (χ1n) is 14.0. The summed E-state index contributed by atoms with van der Waals surface area (Å²) in [6, 6.07) is 17.6. The van der Waals surface area contributed by atoms with Crippen molar-refractivity contribution in [3.05, 3.63) is 78.8 Å². The summed E-state index contributed by atoms with van der Waals surface area (Å²) in [6.45, 7) is 13.8. The number of rotatable bonds is 9. The van der Waals surface area contributed by atoms with Crippen molar-refractivity contribution >= 4 is 20.1 Å². The number of ether oxygens (including phenoxy) is 4. The summed E-state index contributed by atoms with van der Waals surface area (Å²) in [6.07, 6.45) is 6.24. The van der Waals surface area contributed by atoms with Gasteiger partial charge in [0.25, 0.3) is 0 Å². The lowest BCUT2D eigenvalue weighted by atomic mass is 9.65. The molecule has 3 aliphatic rings. The van der Waals surface area contributed by atoms with Gasteiger partial charge in [-0.1, -0.05) is 39.0 Å². The molecule has 8 heteroatoms. The van der Waals surface area contributed by atoms with Gasteiger partial charge in [0.15, 0.2) is 19.5 Å². The van der Waals surface area contributed by atoms with Gasteiger partial charge >= 0.3 is 0 Å². The predicted octanol–water partition coefficient (Wildman–Crippen LogP) is 7.11. The molecule has 0 radical (unpaired) electrons. The van der Waals surface area contributed by atoms with E-state index in [4.69, 9.17) is 23.4 Å². The summed E-state index contributed by atoms with van der Waals surface area (Å²) in [5.74, 6) is 1.96. The average molecular weight is 583 g/mol. The smallest absolute Gasteiger partial charge is 0.192 e. The second-order valence-corrected chi connectivity index (χ2v) is 18.8. The molecule has 0 saturated carbocycles. The van der Waals surface area contributed by atoms with Gasteiger partial charge in [0.2, 0.25) is 0 Å². The first-order chi connectivity index (χ1) is 18.9. The number of thioether (sulfide) groups is 1. The Morgan fingerprint density at radius 1 is 1.05 bits per heavy atom. The Hall–Kier alpha value is -2.23. The summed E-state index contributed by atoms with van der Waals surface area (Å²) in [5.41, 5.74) is -2.72. The first-order valence-corrected chi connectivity index (χ1v) is 17.7. The molecule has 0 spiro atoms. The van der Waals surface area contributed by atoms with E-state index in [2.05, 4.69) is 52.9 Å². The van der Waals surface area contributed by atoms with Crippen molar-refractivity contribution in [3.63, 3.8) is 0 Å². The molecule has 3 heterocycles. The Kier molecular flexibility index (Phi) is 7.72. The number of hydrogen-bond acceptors (Lipinski definition) is 7. The Bertz CT molecular complexity index is 1260. The van der Waals surface area contributed by atoms with Gasteiger partial charge in [-0.25, -0.2) is 0 Å². The van der Waals surface area contributed by atoms with E-state index in [-0.39, 0.29) is 17.2 Å². The maximum absolute atomic E-state index is 13.1. The number of methoxy groups -OCH3 is 1. The highest BCUT2D eigenvalue weighted by atomic mass is 32.2. The molecule has 2 aromatic rings. The third kappa shape index (κ3) is 4.71. The van der Waals surface area contributed by atoms with Crippen LogP contribution in [-0.2, 0) is 13.9 Å². The highest BCUT2D eigenvalue weighted by Gasteiger charge is 2.80. The van der Waals surface area contributed by atoms with E-state index in [1.807, 2.05) is 54.6 Å². The second-order valence-electron chi connectivity index (χ2n) is 12.5. The number of aliphatic hydroxyl groups is 1. The van der Waals surface area contributed by atoms with Crippen molar-refractivity contribution < 1.29 is 28.5 Å². The fraction of sp³-hybridized carbons (Fsp3) is 0.500. The molecule has 40 heavy (non-hydrogen) atoms. The minimum Gasteiger partial charge on any atom is -0.497 e. The lowest BCUT2D eigenvalue weighted by Crippen LogP contribution is -2.70. The van der Waals surface area contributed by atoms with Gasteiger partial charge < -0.3 is 28.5 Å². The normalized spacial score (nSPS) is 31.9. The van der Waals surface area contributed by atoms with Crippen LogP contribution < -0.4 is 9.47 Å². The Morgan fingerprint density at radius 3 is 2.33 bits per heavy atom. The van der Waals surface area contributed by atoms with E-state index in [0.717, 1.165) is 17.1 Å². The standard InChI is InChI=1S/C32H42O6SSi/c1-29(2,3)40(6,7)38-28-22-27-30(4,39-25-12-9-8-10-13-25)32(33,26-14-11-20-36-26)31(28,37-27)19-21-35-24-17-15-23(34-5)16-18-24/h8-10,12-19,21,27-28,33H,11,20,22H2,1-7H3/b21-19-/t27-,28-,30+,31+,32-/m0/s1. The SMILES string of the molecule is COc1ccc(O/C=C\[C@@]23O[C@@H](C[C@@H]2O[Si](C)(C)C(C)(C)C)[C@@](C)(Sc2ccccc2)[C@@]3(O)C2=CCCO2)cc1. The minimum absolute atomic E-state index is 0.0112. The van der Waals surface area contributed by atoms with Crippen molar-refractivity contribution in [1.29, 1.82) is 0 Å². The van der Waals surface area contributed by atoms with E-state index in [1.165, 1.54) is 0 Å². The summed E-state index contributed by atoms with van der Waals surface area (Å²) in [4.78, 5) is 1.06. The van der Waals surface area contributed by atoms with Crippen LogP contribution in [-0.4, -0.2) is 55.3 Å². The van der Waals surface area contributed by atoms with E-state index in [0.29, 0.717) is 24.5 Å². The molecule has 3 aliphatic heterocycles. The minimum atomic E-state index is -2.24. The zero-order valence-electron chi connectivity index (χ0n) is 24.6. The Morgan fingerprint density at radius 2 is 1.73 bits per heavy atom. The van der Waals surface area contributed by atoms with Crippen LogP contribution in [0.4, 0.5) is 0 Å². The first kappa shape index (κ1) is 29.3. The van der Waals surface area contributed by atoms with Crippen LogP contribution >= 0.6 is 11.8 Å². The van der Waals surface area contributed by atoms with Gasteiger partial charge in [-0.3, -0.25) is 0 Å². The van der Waals surface area contributed by atoms with Crippen molar-refractivity contribution in [2.75, 3.05) is 13.7 Å². The summed E-state index contributed by atoms with van der Waals surface area (Å²) in [7, 11) is -0.602. The lowest BCUT2D eigenvalue weighted by molar-refractivity contribution is -0.127.